The first-order chi connectivity index (χ1) is 17.3. The summed E-state index contributed by atoms with van der Waals surface area (Å²) in [5.41, 5.74) is 3.84. The summed E-state index contributed by atoms with van der Waals surface area (Å²) in [4.78, 5) is 24.8. The summed E-state index contributed by atoms with van der Waals surface area (Å²) < 4.78 is 5.65. The second kappa shape index (κ2) is 8.43. The third kappa shape index (κ3) is 3.38. The van der Waals surface area contributed by atoms with Crippen LogP contribution in [0, 0.1) is 34.5 Å². The Hall–Kier alpha value is -2.69. The number of allylic oxidation sites excluding steroid dienone is 4. The number of para-hydroxylation sites is 1. The zero-order valence-electron chi connectivity index (χ0n) is 22.0. The van der Waals surface area contributed by atoms with Crippen molar-refractivity contribution in [3.05, 3.63) is 53.6 Å². The molecule has 0 N–H and O–H groups in total. The molecule has 1 amide bonds. The van der Waals surface area contributed by atoms with Crippen LogP contribution in [0.25, 0.3) is 0 Å². The summed E-state index contributed by atoms with van der Waals surface area (Å²) in [5, 5.41) is 6.72. The summed E-state index contributed by atoms with van der Waals surface area (Å²) >= 11 is 0. The molecule has 5 aliphatic rings. The summed E-state index contributed by atoms with van der Waals surface area (Å²) in [5.74, 6) is 3.34. The van der Waals surface area contributed by atoms with Crippen LogP contribution in [0.1, 0.15) is 77.3 Å². The van der Waals surface area contributed by atoms with Gasteiger partial charge < -0.3 is 4.74 Å². The maximum atomic E-state index is 12.7. The van der Waals surface area contributed by atoms with Crippen LogP contribution in [0.5, 0.6) is 5.75 Å². The standard InChI is InChI=1S/C31H38N2O3/c1-19(34)33-28(23-7-5-6-8-29(23)36-4)18-27(32-33)26-12-11-24-22-10-9-20-17-21(35)13-15-30(20,2)25(22)14-16-31(24,26)3/h5-8,13,15,17,22,24-26,28H,9-12,14,16,18H2,1-4H3/t22-,24-,25-,26+,28?,30-,31-/m0/s1. The number of rotatable bonds is 3. The van der Waals surface area contributed by atoms with E-state index in [0.717, 1.165) is 30.6 Å². The second-order valence-corrected chi connectivity index (χ2v) is 12.2. The maximum Gasteiger partial charge on any atom is 0.240 e. The van der Waals surface area contributed by atoms with E-state index < -0.39 is 0 Å². The third-order valence-corrected chi connectivity index (χ3v) is 10.7. The average Bonchev–Trinajstić information content (AvgIpc) is 3.45. The van der Waals surface area contributed by atoms with E-state index in [4.69, 9.17) is 9.84 Å². The first kappa shape index (κ1) is 23.7. The van der Waals surface area contributed by atoms with Crippen LogP contribution in [-0.2, 0) is 9.59 Å². The first-order valence-electron chi connectivity index (χ1n) is 13.7. The molecule has 36 heavy (non-hydrogen) atoms. The highest BCUT2D eigenvalue weighted by Gasteiger charge is 2.59. The lowest BCUT2D eigenvalue weighted by Crippen LogP contribution is -2.50. The molecule has 4 aliphatic carbocycles. The second-order valence-electron chi connectivity index (χ2n) is 12.2. The molecule has 0 radical (unpaired) electrons. The van der Waals surface area contributed by atoms with E-state index in [0.29, 0.717) is 23.7 Å². The molecule has 1 aromatic rings. The van der Waals surface area contributed by atoms with Crippen LogP contribution in [0.2, 0.25) is 0 Å². The van der Waals surface area contributed by atoms with Crippen molar-refractivity contribution in [2.24, 2.45) is 39.6 Å². The van der Waals surface area contributed by atoms with Gasteiger partial charge in [0.15, 0.2) is 5.78 Å². The normalized spacial score (nSPS) is 39.2. The Morgan fingerprint density at radius 1 is 1.11 bits per heavy atom. The van der Waals surface area contributed by atoms with E-state index in [1.807, 2.05) is 24.3 Å². The van der Waals surface area contributed by atoms with Crippen LogP contribution in [0.15, 0.2) is 53.2 Å². The summed E-state index contributed by atoms with van der Waals surface area (Å²) in [7, 11) is 1.69. The SMILES string of the molecule is COc1ccccc1C1CC([C@H]2CC[C@H]3[C@@H]4CCC5=CC(=O)C=C[C@]5(C)[C@H]4CC[C@]23C)=NN1C(C)=O. The zero-order valence-corrected chi connectivity index (χ0v) is 22.0. The van der Waals surface area contributed by atoms with Crippen molar-refractivity contribution in [3.8, 4) is 5.75 Å². The minimum absolute atomic E-state index is 0.0116. The Morgan fingerprint density at radius 2 is 1.92 bits per heavy atom. The van der Waals surface area contributed by atoms with E-state index in [2.05, 4.69) is 26.0 Å². The third-order valence-electron chi connectivity index (χ3n) is 10.7. The van der Waals surface area contributed by atoms with Crippen molar-refractivity contribution in [2.45, 2.75) is 71.8 Å². The number of hydrogen-bond acceptors (Lipinski definition) is 4. The minimum Gasteiger partial charge on any atom is -0.496 e. The van der Waals surface area contributed by atoms with E-state index in [9.17, 15) is 9.59 Å². The average molecular weight is 487 g/mol. The predicted molar refractivity (Wildman–Crippen MR) is 140 cm³/mol. The minimum atomic E-state index is -0.0983. The molecule has 1 unspecified atom stereocenters. The molecule has 3 fully saturated rings. The number of hydrazone groups is 1. The lowest BCUT2D eigenvalue weighted by atomic mass is 9.47. The molecule has 7 atom stereocenters. The lowest BCUT2D eigenvalue weighted by molar-refractivity contribution is -0.130. The van der Waals surface area contributed by atoms with E-state index in [1.54, 1.807) is 25.1 Å². The highest BCUT2D eigenvalue weighted by Crippen LogP contribution is 2.66. The van der Waals surface area contributed by atoms with Gasteiger partial charge in [0.1, 0.15) is 5.75 Å². The van der Waals surface area contributed by atoms with E-state index in [1.165, 1.54) is 37.0 Å². The zero-order chi connectivity index (χ0) is 25.2. The topological polar surface area (TPSA) is 59.0 Å². The molecule has 1 aromatic carbocycles. The Morgan fingerprint density at radius 3 is 2.69 bits per heavy atom. The van der Waals surface area contributed by atoms with Crippen molar-refractivity contribution in [2.75, 3.05) is 7.11 Å². The number of nitrogens with zero attached hydrogens (tertiary/aromatic N) is 2. The van der Waals surface area contributed by atoms with Crippen LogP contribution in [0.4, 0.5) is 0 Å². The van der Waals surface area contributed by atoms with E-state index >= 15 is 0 Å². The molecule has 190 valence electrons. The van der Waals surface area contributed by atoms with Gasteiger partial charge in [0, 0.05) is 36.0 Å². The molecule has 0 bridgehead atoms. The number of ketones is 1. The molecular formula is C31H38N2O3. The molecule has 5 nitrogen and oxygen atoms in total. The van der Waals surface area contributed by atoms with Crippen molar-refractivity contribution >= 4 is 17.4 Å². The van der Waals surface area contributed by atoms with Crippen LogP contribution in [-0.4, -0.2) is 29.5 Å². The Bertz CT molecular complexity index is 1200. The van der Waals surface area contributed by atoms with Crippen molar-refractivity contribution < 1.29 is 14.3 Å². The van der Waals surface area contributed by atoms with Gasteiger partial charge >= 0.3 is 0 Å². The molecule has 0 aromatic heterocycles. The largest absolute Gasteiger partial charge is 0.496 e. The Balaban J connectivity index is 1.28. The quantitative estimate of drug-likeness (QED) is 0.506. The summed E-state index contributed by atoms with van der Waals surface area (Å²) in [6.45, 7) is 6.50. The van der Waals surface area contributed by atoms with Gasteiger partial charge in [-0.2, -0.15) is 5.10 Å². The van der Waals surface area contributed by atoms with Gasteiger partial charge in [-0.1, -0.05) is 43.7 Å². The molecule has 1 heterocycles. The molecular weight excluding hydrogens is 448 g/mol. The molecule has 0 spiro atoms. The smallest absolute Gasteiger partial charge is 0.240 e. The van der Waals surface area contributed by atoms with Gasteiger partial charge in [0.05, 0.1) is 13.2 Å². The number of carbonyl (C=O) groups is 2. The fourth-order valence-electron chi connectivity index (χ4n) is 8.96. The number of fused-ring (bicyclic) bond motifs is 5. The van der Waals surface area contributed by atoms with Crippen molar-refractivity contribution in [1.29, 1.82) is 0 Å². The van der Waals surface area contributed by atoms with Crippen LogP contribution < -0.4 is 4.74 Å². The molecule has 0 saturated heterocycles. The number of ether oxygens (including phenoxy) is 1. The van der Waals surface area contributed by atoms with Gasteiger partial charge in [-0.15, -0.1) is 0 Å². The van der Waals surface area contributed by atoms with Crippen LogP contribution >= 0.6 is 0 Å². The fraction of sp³-hybridized carbons (Fsp3) is 0.581. The molecule has 1 aliphatic heterocycles. The number of hydrogen-bond donors (Lipinski definition) is 0. The van der Waals surface area contributed by atoms with Crippen molar-refractivity contribution in [3.63, 3.8) is 0 Å². The molecule has 6 rings (SSSR count). The highest BCUT2D eigenvalue weighted by atomic mass is 16.5. The van der Waals surface area contributed by atoms with Gasteiger partial charge in [-0.05, 0) is 79.9 Å². The highest BCUT2D eigenvalue weighted by molar-refractivity contribution is 6.01. The number of methoxy groups -OCH3 is 1. The number of carbonyl (C=O) groups excluding carboxylic acids is 2. The number of amides is 1. The molecule has 3 saturated carbocycles. The summed E-state index contributed by atoms with van der Waals surface area (Å²) in [6, 6.07) is 7.93. The monoisotopic (exact) mass is 486 g/mol. The maximum absolute atomic E-state index is 12.7. The number of benzene rings is 1. The predicted octanol–water partition coefficient (Wildman–Crippen LogP) is 6.27. The van der Waals surface area contributed by atoms with Gasteiger partial charge in [0.2, 0.25) is 5.91 Å². The van der Waals surface area contributed by atoms with Crippen molar-refractivity contribution in [1.82, 2.24) is 5.01 Å². The Kier molecular flexibility index (Phi) is 5.55. The van der Waals surface area contributed by atoms with Gasteiger partial charge in [-0.3, -0.25) is 9.59 Å². The van der Waals surface area contributed by atoms with Gasteiger partial charge in [0.25, 0.3) is 0 Å². The van der Waals surface area contributed by atoms with E-state index in [-0.39, 0.29) is 28.6 Å². The lowest BCUT2D eigenvalue weighted by Gasteiger charge is -2.57. The fourth-order valence-corrected chi connectivity index (χ4v) is 8.96. The first-order valence-corrected chi connectivity index (χ1v) is 13.7. The van der Waals surface area contributed by atoms with Crippen LogP contribution in [0.3, 0.4) is 0 Å². The van der Waals surface area contributed by atoms with Gasteiger partial charge in [-0.25, -0.2) is 5.01 Å². The molecule has 5 heteroatoms. The summed E-state index contributed by atoms with van der Waals surface area (Å²) in [6.07, 6.45) is 13.7. The Labute approximate surface area is 214 Å².